The van der Waals surface area contributed by atoms with Gasteiger partial charge in [-0.15, -0.1) is 0 Å². The SMILES string of the molecule is CC(C)Oc1ccc(N2CC(C(=O)Nc3cccc4cccnc34)CC2=O)cc1. The summed E-state index contributed by atoms with van der Waals surface area (Å²) in [4.78, 5) is 31.4. The molecule has 4 rings (SSSR count). The van der Waals surface area contributed by atoms with Gasteiger partial charge in [-0.1, -0.05) is 18.2 Å². The molecule has 2 heterocycles. The van der Waals surface area contributed by atoms with Crippen LogP contribution in [0.15, 0.2) is 60.8 Å². The van der Waals surface area contributed by atoms with E-state index in [0.29, 0.717) is 12.2 Å². The summed E-state index contributed by atoms with van der Waals surface area (Å²) in [5.74, 6) is 0.124. The number of amides is 2. The molecule has 0 spiro atoms. The molecule has 1 saturated heterocycles. The van der Waals surface area contributed by atoms with Gasteiger partial charge < -0.3 is 15.0 Å². The van der Waals surface area contributed by atoms with Crippen LogP contribution in [0.1, 0.15) is 20.3 Å². The minimum Gasteiger partial charge on any atom is -0.491 e. The third-order valence-corrected chi connectivity index (χ3v) is 4.91. The number of nitrogens with one attached hydrogen (secondary N) is 1. The van der Waals surface area contributed by atoms with Crippen molar-refractivity contribution in [3.63, 3.8) is 0 Å². The first-order valence-electron chi connectivity index (χ1n) is 9.73. The second-order valence-corrected chi connectivity index (χ2v) is 7.44. The smallest absolute Gasteiger partial charge is 0.229 e. The molecule has 148 valence electrons. The number of nitrogens with zero attached hydrogens (tertiary/aromatic N) is 2. The summed E-state index contributed by atoms with van der Waals surface area (Å²) in [6.07, 6.45) is 1.98. The number of hydrogen-bond donors (Lipinski definition) is 1. The summed E-state index contributed by atoms with van der Waals surface area (Å²) < 4.78 is 5.65. The van der Waals surface area contributed by atoms with E-state index < -0.39 is 5.92 Å². The molecule has 1 fully saturated rings. The lowest BCUT2D eigenvalue weighted by Gasteiger charge is -2.18. The van der Waals surface area contributed by atoms with E-state index in [1.54, 1.807) is 11.1 Å². The molecule has 0 aliphatic carbocycles. The van der Waals surface area contributed by atoms with E-state index in [2.05, 4.69) is 10.3 Å². The van der Waals surface area contributed by atoms with E-state index >= 15 is 0 Å². The Bertz CT molecular complexity index is 1040. The number of fused-ring (bicyclic) bond motifs is 1. The Hall–Kier alpha value is -3.41. The van der Waals surface area contributed by atoms with Crippen molar-refractivity contribution in [3.05, 3.63) is 60.8 Å². The number of ether oxygens (including phenoxy) is 1. The zero-order valence-corrected chi connectivity index (χ0v) is 16.5. The van der Waals surface area contributed by atoms with Crippen molar-refractivity contribution in [3.8, 4) is 5.75 Å². The lowest BCUT2D eigenvalue weighted by Crippen LogP contribution is -2.28. The number of carbonyl (C=O) groups is 2. The fourth-order valence-corrected chi connectivity index (χ4v) is 3.55. The van der Waals surface area contributed by atoms with E-state index in [-0.39, 0.29) is 24.3 Å². The first kappa shape index (κ1) is 18.9. The lowest BCUT2D eigenvalue weighted by atomic mass is 10.1. The number of carbonyl (C=O) groups excluding carboxylic acids is 2. The van der Waals surface area contributed by atoms with Gasteiger partial charge in [0.15, 0.2) is 0 Å². The lowest BCUT2D eigenvalue weighted by molar-refractivity contribution is -0.122. The van der Waals surface area contributed by atoms with Crippen molar-refractivity contribution in [1.82, 2.24) is 4.98 Å². The Morgan fingerprint density at radius 2 is 1.90 bits per heavy atom. The predicted molar refractivity (Wildman–Crippen MR) is 113 cm³/mol. The van der Waals surface area contributed by atoms with E-state index in [1.807, 2.05) is 68.4 Å². The van der Waals surface area contributed by atoms with Crippen molar-refractivity contribution in [2.75, 3.05) is 16.8 Å². The first-order valence-corrected chi connectivity index (χ1v) is 9.73. The van der Waals surface area contributed by atoms with Crippen LogP contribution in [0.25, 0.3) is 10.9 Å². The summed E-state index contributed by atoms with van der Waals surface area (Å²) in [7, 11) is 0. The summed E-state index contributed by atoms with van der Waals surface area (Å²) in [5, 5.41) is 3.91. The van der Waals surface area contributed by atoms with E-state index in [4.69, 9.17) is 4.74 Å². The fraction of sp³-hybridized carbons (Fsp3) is 0.261. The molecule has 2 aromatic carbocycles. The van der Waals surface area contributed by atoms with Crippen LogP contribution in [0.5, 0.6) is 5.75 Å². The average Bonchev–Trinajstić information content (AvgIpc) is 3.10. The second kappa shape index (κ2) is 7.91. The summed E-state index contributed by atoms with van der Waals surface area (Å²) in [5.41, 5.74) is 2.17. The highest BCUT2D eigenvalue weighted by Gasteiger charge is 2.35. The number of para-hydroxylation sites is 1. The fourth-order valence-electron chi connectivity index (χ4n) is 3.55. The normalized spacial score (nSPS) is 16.4. The molecule has 1 aliphatic heterocycles. The van der Waals surface area contributed by atoms with Crippen LogP contribution in [0, 0.1) is 5.92 Å². The molecule has 0 saturated carbocycles. The van der Waals surface area contributed by atoms with Crippen LogP contribution in [-0.4, -0.2) is 29.4 Å². The third-order valence-electron chi connectivity index (χ3n) is 4.91. The average molecular weight is 389 g/mol. The van der Waals surface area contributed by atoms with Gasteiger partial charge in [-0.2, -0.15) is 0 Å². The van der Waals surface area contributed by atoms with Crippen LogP contribution in [0.2, 0.25) is 0 Å². The molecular weight excluding hydrogens is 366 g/mol. The molecule has 1 atom stereocenters. The van der Waals surface area contributed by atoms with Gasteiger partial charge in [-0.25, -0.2) is 0 Å². The topological polar surface area (TPSA) is 71.5 Å². The van der Waals surface area contributed by atoms with Crippen molar-refractivity contribution >= 4 is 34.1 Å². The molecule has 0 radical (unpaired) electrons. The Kier molecular flexibility index (Phi) is 5.16. The quantitative estimate of drug-likeness (QED) is 0.716. The van der Waals surface area contributed by atoms with Crippen molar-refractivity contribution in [2.24, 2.45) is 5.92 Å². The number of rotatable bonds is 5. The van der Waals surface area contributed by atoms with Gasteiger partial charge in [0.05, 0.1) is 23.2 Å². The molecule has 1 aromatic heterocycles. The first-order chi connectivity index (χ1) is 14.0. The monoisotopic (exact) mass is 389 g/mol. The minimum atomic E-state index is -0.409. The largest absolute Gasteiger partial charge is 0.491 e. The molecule has 3 aromatic rings. The molecular formula is C23H23N3O3. The Balaban J connectivity index is 1.46. The molecule has 6 nitrogen and oxygen atoms in total. The Morgan fingerprint density at radius 3 is 2.66 bits per heavy atom. The van der Waals surface area contributed by atoms with Crippen molar-refractivity contribution in [2.45, 2.75) is 26.4 Å². The van der Waals surface area contributed by atoms with Gasteiger partial charge in [0.2, 0.25) is 11.8 Å². The minimum absolute atomic E-state index is 0.0567. The highest BCUT2D eigenvalue weighted by Crippen LogP contribution is 2.29. The number of aromatic nitrogens is 1. The highest BCUT2D eigenvalue weighted by molar-refractivity contribution is 6.06. The molecule has 1 N–H and O–H groups in total. The second-order valence-electron chi connectivity index (χ2n) is 7.44. The Morgan fingerprint density at radius 1 is 1.14 bits per heavy atom. The zero-order valence-electron chi connectivity index (χ0n) is 16.5. The molecule has 6 heteroatoms. The van der Waals surface area contributed by atoms with Crippen molar-refractivity contribution < 1.29 is 14.3 Å². The van der Waals surface area contributed by atoms with E-state index in [0.717, 1.165) is 22.3 Å². The number of hydrogen-bond acceptors (Lipinski definition) is 4. The Labute approximate surface area is 169 Å². The van der Waals surface area contributed by atoms with E-state index in [9.17, 15) is 9.59 Å². The van der Waals surface area contributed by atoms with Crippen LogP contribution in [-0.2, 0) is 9.59 Å². The maximum atomic E-state index is 12.8. The van der Waals surface area contributed by atoms with Crippen LogP contribution in [0.4, 0.5) is 11.4 Å². The van der Waals surface area contributed by atoms with Crippen molar-refractivity contribution in [1.29, 1.82) is 0 Å². The van der Waals surface area contributed by atoms with Crippen LogP contribution in [0.3, 0.4) is 0 Å². The molecule has 1 aliphatic rings. The standard InChI is InChI=1S/C23H23N3O3/c1-15(2)29-19-10-8-18(9-11-19)26-14-17(13-21(26)27)23(28)25-20-7-3-5-16-6-4-12-24-22(16)20/h3-12,15,17H,13-14H2,1-2H3,(H,25,28). The molecule has 2 amide bonds. The number of pyridine rings is 1. The zero-order chi connectivity index (χ0) is 20.4. The summed E-state index contributed by atoms with van der Waals surface area (Å²) in [6.45, 7) is 4.28. The van der Waals surface area contributed by atoms with Crippen LogP contribution >= 0.6 is 0 Å². The van der Waals surface area contributed by atoms with Gasteiger partial charge >= 0.3 is 0 Å². The third kappa shape index (κ3) is 4.06. The number of benzene rings is 2. The van der Waals surface area contributed by atoms with E-state index in [1.165, 1.54) is 0 Å². The maximum absolute atomic E-state index is 12.8. The van der Waals surface area contributed by atoms with Gasteiger partial charge in [0.1, 0.15) is 5.75 Å². The van der Waals surface area contributed by atoms with Gasteiger partial charge in [-0.05, 0) is 50.2 Å². The maximum Gasteiger partial charge on any atom is 0.229 e. The van der Waals surface area contributed by atoms with Gasteiger partial charge in [0.25, 0.3) is 0 Å². The summed E-state index contributed by atoms with van der Waals surface area (Å²) in [6, 6.07) is 16.9. The summed E-state index contributed by atoms with van der Waals surface area (Å²) >= 11 is 0. The molecule has 29 heavy (non-hydrogen) atoms. The molecule has 1 unspecified atom stereocenters. The molecule has 0 bridgehead atoms. The van der Waals surface area contributed by atoms with Gasteiger partial charge in [-0.3, -0.25) is 14.6 Å². The highest BCUT2D eigenvalue weighted by atomic mass is 16.5. The predicted octanol–water partition coefficient (Wildman–Crippen LogP) is 4.01. The van der Waals surface area contributed by atoms with Crippen LogP contribution < -0.4 is 15.0 Å². The number of anilines is 2. The van der Waals surface area contributed by atoms with Gasteiger partial charge in [0, 0.05) is 30.2 Å².